The first-order valence-corrected chi connectivity index (χ1v) is 6.63. The van der Waals surface area contributed by atoms with Crippen LogP contribution >= 0.6 is 0 Å². The Morgan fingerprint density at radius 2 is 1.67 bits per heavy atom. The number of amides is 1. The van der Waals surface area contributed by atoms with Crippen molar-refractivity contribution in [2.24, 2.45) is 0 Å². The Kier molecular flexibility index (Phi) is 2.41. The summed E-state index contributed by atoms with van der Waals surface area (Å²) < 4.78 is 1.43. The van der Waals surface area contributed by atoms with E-state index in [0.29, 0.717) is 10.9 Å². The maximum atomic E-state index is 12.7. The van der Waals surface area contributed by atoms with Crippen LogP contribution in [0.1, 0.15) is 22.3 Å². The number of carbonyl (C=O) groups excluding carboxylic acids is 1. The van der Waals surface area contributed by atoms with E-state index in [1.807, 2.05) is 30.3 Å². The number of para-hydroxylation sites is 1. The number of fused-ring (bicyclic) bond motifs is 2. The van der Waals surface area contributed by atoms with Gasteiger partial charge in [-0.2, -0.15) is 0 Å². The Bertz CT molecular complexity index is 916. The van der Waals surface area contributed by atoms with Crippen molar-refractivity contribution in [2.75, 3.05) is 0 Å². The fourth-order valence-electron chi connectivity index (χ4n) is 2.67. The number of aromatic nitrogens is 2. The van der Waals surface area contributed by atoms with Gasteiger partial charge in [0, 0.05) is 0 Å². The molecule has 3 aromatic rings. The van der Waals surface area contributed by atoms with Crippen molar-refractivity contribution in [2.45, 2.75) is 6.17 Å². The first-order chi connectivity index (χ1) is 10.3. The largest absolute Gasteiger partial charge is 0.325 e. The molecular formula is C16H11N3O2. The number of nitrogens with one attached hydrogen (secondary N) is 1. The lowest BCUT2D eigenvalue weighted by molar-refractivity contribution is 0.0956. The number of benzene rings is 2. The molecule has 1 aliphatic heterocycles. The SMILES string of the molecule is O=C1N[C@@H](c2ccccc2)n2c1nc1ccccc1c2=O. The highest BCUT2D eigenvalue weighted by Crippen LogP contribution is 2.22. The summed E-state index contributed by atoms with van der Waals surface area (Å²) in [6, 6.07) is 16.4. The molecule has 21 heavy (non-hydrogen) atoms. The molecule has 102 valence electrons. The summed E-state index contributed by atoms with van der Waals surface area (Å²) in [4.78, 5) is 29.1. The maximum absolute atomic E-state index is 12.7. The van der Waals surface area contributed by atoms with Gasteiger partial charge in [-0.25, -0.2) is 4.98 Å². The summed E-state index contributed by atoms with van der Waals surface area (Å²) in [7, 11) is 0. The zero-order valence-electron chi connectivity index (χ0n) is 11.0. The van der Waals surface area contributed by atoms with Gasteiger partial charge in [0.15, 0.2) is 0 Å². The minimum atomic E-state index is -0.502. The topological polar surface area (TPSA) is 64.0 Å². The summed E-state index contributed by atoms with van der Waals surface area (Å²) in [6.07, 6.45) is -0.502. The zero-order valence-corrected chi connectivity index (χ0v) is 11.0. The fourth-order valence-corrected chi connectivity index (χ4v) is 2.67. The number of rotatable bonds is 1. The second-order valence-corrected chi connectivity index (χ2v) is 4.91. The predicted octanol–water partition coefficient (Wildman–Crippen LogP) is 1.69. The van der Waals surface area contributed by atoms with Gasteiger partial charge in [0.1, 0.15) is 6.17 Å². The lowest BCUT2D eigenvalue weighted by atomic mass is 10.1. The average molecular weight is 277 g/mol. The van der Waals surface area contributed by atoms with E-state index >= 15 is 0 Å². The molecule has 5 nitrogen and oxygen atoms in total. The summed E-state index contributed by atoms with van der Waals surface area (Å²) in [5, 5.41) is 3.33. The Labute approximate surface area is 119 Å². The first kappa shape index (κ1) is 11.8. The molecule has 0 unspecified atom stereocenters. The molecule has 0 saturated carbocycles. The van der Waals surface area contributed by atoms with E-state index in [9.17, 15) is 9.59 Å². The third-order valence-electron chi connectivity index (χ3n) is 3.65. The van der Waals surface area contributed by atoms with E-state index in [1.165, 1.54) is 4.57 Å². The van der Waals surface area contributed by atoms with Gasteiger partial charge in [-0.15, -0.1) is 0 Å². The third-order valence-corrected chi connectivity index (χ3v) is 3.65. The Morgan fingerprint density at radius 3 is 2.48 bits per heavy atom. The second-order valence-electron chi connectivity index (χ2n) is 4.91. The van der Waals surface area contributed by atoms with Gasteiger partial charge in [-0.3, -0.25) is 14.2 Å². The van der Waals surface area contributed by atoms with Crippen LogP contribution in [0.3, 0.4) is 0 Å². The van der Waals surface area contributed by atoms with Crippen molar-refractivity contribution in [1.29, 1.82) is 0 Å². The summed E-state index contributed by atoms with van der Waals surface area (Å²) in [5.41, 5.74) is 1.18. The minimum absolute atomic E-state index is 0.160. The molecule has 0 aliphatic carbocycles. The molecule has 5 heteroatoms. The summed E-state index contributed by atoms with van der Waals surface area (Å²) in [6.45, 7) is 0. The number of hydrogen-bond donors (Lipinski definition) is 1. The molecule has 0 bridgehead atoms. The first-order valence-electron chi connectivity index (χ1n) is 6.63. The van der Waals surface area contributed by atoms with E-state index in [-0.39, 0.29) is 17.3 Å². The third kappa shape index (κ3) is 1.67. The molecule has 0 saturated heterocycles. The van der Waals surface area contributed by atoms with Crippen molar-refractivity contribution >= 4 is 16.8 Å². The van der Waals surface area contributed by atoms with Gasteiger partial charge in [0.25, 0.3) is 11.5 Å². The van der Waals surface area contributed by atoms with Crippen molar-refractivity contribution in [1.82, 2.24) is 14.9 Å². The highest BCUT2D eigenvalue weighted by Gasteiger charge is 2.32. The van der Waals surface area contributed by atoms with Crippen LogP contribution in [0.4, 0.5) is 0 Å². The zero-order chi connectivity index (χ0) is 14.4. The van der Waals surface area contributed by atoms with E-state index in [2.05, 4.69) is 10.3 Å². The van der Waals surface area contributed by atoms with E-state index in [0.717, 1.165) is 5.56 Å². The lowest BCUT2D eigenvalue weighted by Crippen LogP contribution is -2.28. The van der Waals surface area contributed by atoms with Crippen LogP contribution in [0.2, 0.25) is 0 Å². The average Bonchev–Trinajstić information content (AvgIpc) is 2.86. The molecule has 1 atom stereocenters. The summed E-state index contributed by atoms with van der Waals surface area (Å²) in [5.74, 6) is -0.167. The van der Waals surface area contributed by atoms with Crippen molar-refractivity contribution in [3.05, 3.63) is 76.3 Å². The number of nitrogens with zero attached hydrogens (tertiary/aromatic N) is 2. The van der Waals surface area contributed by atoms with Crippen LogP contribution < -0.4 is 10.9 Å². The molecule has 4 rings (SSSR count). The second kappa shape index (κ2) is 4.28. The molecule has 1 aromatic heterocycles. The van der Waals surface area contributed by atoms with Crippen LogP contribution in [0.15, 0.2) is 59.4 Å². The Hall–Kier alpha value is -2.95. The normalized spacial score (nSPS) is 16.8. The molecule has 0 spiro atoms. The molecule has 0 fully saturated rings. The van der Waals surface area contributed by atoms with Crippen molar-refractivity contribution < 1.29 is 4.79 Å². The van der Waals surface area contributed by atoms with Crippen molar-refractivity contribution in [3.8, 4) is 0 Å². The van der Waals surface area contributed by atoms with Gasteiger partial charge in [0.05, 0.1) is 10.9 Å². The minimum Gasteiger partial charge on any atom is -0.325 e. The maximum Gasteiger partial charge on any atom is 0.289 e. The van der Waals surface area contributed by atoms with Crippen LogP contribution in [0, 0.1) is 0 Å². The lowest BCUT2D eigenvalue weighted by Gasteiger charge is -2.14. The fraction of sp³-hybridized carbons (Fsp3) is 0.0625. The highest BCUT2D eigenvalue weighted by molar-refractivity contribution is 5.95. The van der Waals surface area contributed by atoms with Gasteiger partial charge in [-0.1, -0.05) is 42.5 Å². The van der Waals surface area contributed by atoms with Gasteiger partial charge < -0.3 is 5.32 Å². The molecule has 2 aromatic carbocycles. The highest BCUT2D eigenvalue weighted by atomic mass is 16.2. The van der Waals surface area contributed by atoms with E-state index in [1.54, 1.807) is 24.3 Å². The Balaban J connectivity index is 2.03. The van der Waals surface area contributed by atoms with Crippen LogP contribution in [-0.2, 0) is 0 Å². The monoisotopic (exact) mass is 277 g/mol. The van der Waals surface area contributed by atoms with Gasteiger partial charge in [-0.05, 0) is 17.7 Å². The van der Waals surface area contributed by atoms with Crippen LogP contribution in [0.25, 0.3) is 10.9 Å². The van der Waals surface area contributed by atoms with Gasteiger partial charge >= 0.3 is 0 Å². The quantitative estimate of drug-likeness (QED) is 0.736. The molecule has 0 radical (unpaired) electrons. The number of hydrogen-bond acceptors (Lipinski definition) is 3. The molecule has 1 amide bonds. The number of carbonyl (C=O) groups is 1. The predicted molar refractivity (Wildman–Crippen MR) is 78.1 cm³/mol. The van der Waals surface area contributed by atoms with Crippen LogP contribution in [0.5, 0.6) is 0 Å². The van der Waals surface area contributed by atoms with Crippen LogP contribution in [-0.4, -0.2) is 15.5 Å². The molecule has 1 aliphatic rings. The van der Waals surface area contributed by atoms with Crippen molar-refractivity contribution in [3.63, 3.8) is 0 Å². The summed E-state index contributed by atoms with van der Waals surface area (Å²) >= 11 is 0. The molecular weight excluding hydrogens is 266 g/mol. The Morgan fingerprint density at radius 1 is 0.952 bits per heavy atom. The van der Waals surface area contributed by atoms with E-state index in [4.69, 9.17) is 0 Å². The molecule has 2 heterocycles. The van der Waals surface area contributed by atoms with E-state index < -0.39 is 6.17 Å². The molecule has 1 N–H and O–H groups in total. The van der Waals surface area contributed by atoms with Gasteiger partial charge in [0.2, 0.25) is 5.82 Å². The standard InChI is InChI=1S/C16H11N3O2/c20-15-14-17-12-9-5-4-8-11(12)16(21)19(14)13(18-15)10-6-2-1-3-7-10/h1-9,13H,(H,18,20)/t13-/m1/s1. The smallest absolute Gasteiger partial charge is 0.289 e.